The van der Waals surface area contributed by atoms with E-state index in [0.717, 1.165) is 0 Å². The van der Waals surface area contributed by atoms with Crippen LogP contribution in [0.5, 0.6) is 0 Å². The van der Waals surface area contributed by atoms with Gasteiger partial charge in [0.15, 0.2) is 0 Å². The van der Waals surface area contributed by atoms with Crippen LogP contribution in [0.4, 0.5) is 5.69 Å². The van der Waals surface area contributed by atoms with Crippen molar-refractivity contribution in [1.82, 2.24) is 0 Å². The van der Waals surface area contributed by atoms with Crippen LogP contribution >= 0.6 is 0 Å². The van der Waals surface area contributed by atoms with Crippen molar-refractivity contribution < 1.29 is 14.3 Å². The predicted molar refractivity (Wildman–Crippen MR) is 34.5 cm³/mol. The molecule has 4 nitrogen and oxygen atoms in total. The molecule has 0 radical (unpaired) electrons. The number of hydrogen-bond acceptors (Lipinski definition) is 3. The third-order valence-electron chi connectivity index (χ3n) is 1.09. The summed E-state index contributed by atoms with van der Waals surface area (Å²) in [7, 11) is 0. The summed E-state index contributed by atoms with van der Waals surface area (Å²) in [6.45, 7) is 0. The standard InChI is InChI=1S/C6H7NO3/c7-4-1-2-10-5(4)3-6(8)9/h1-2H,3,7H2,(H,8,9). The fourth-order valence-electron chi connectivity index (χ4n) is 0.632. The van der Waals surface area contributed by atoms with Crippen molar-refractivity contribution in [3.63, 3.8) is 0 Å². The number of aliphatic carboxylic acids is 1. The van der Waals surface area contributed by atoms with Gasteiger partial charge < -0.3 is 15.3 Å². The monoisotopic (exact) mass is 141 g/mol. The fourth-order valence-corrected chi connectivity index (χ4v) is 0.632. The summed E-state index contributed by atoms with van der Waals surface area (Å²) in [6.07, 6.45) is 1.21. The minimum Gasteiger partial charge on any atom is -0.481 e. The Balaban J connectivity index is 2.74. The van der Waals surface area contributed by atoms with Gasteiger partial charge in [0.1, 0.15) is 12.2 Å². The maximum Gasteiger partial charge on any atom is 0.311 e. The number of carbonyl (C=O) groups is 1. The van der Waals surface area contributed by atoms with Crippen molar-refractivity contribution in [2.24, 2.45) is 0 Å². The van der Waals surface area contributed by atoms with Crippen molar-refractivity contribution in [1.29, 1.82) is 0 Å². The molecule has 0 aliphatic carbocycles. The zero-order chi connectivity index (χ0) is 7.56. The summed E-state index contributed by atoms with van der Waals surface area (Å²) in [5, 5.41) is 8.29. The summed E-state index contributed by atoms with van der Waals surface area (Å²) >= 11 is 0. The van der Waals surface area contributed by atoms with Crippen LogP contribution in [0.1, 0.15) is 5.76 Å². The van der Waals surface area contributed by atoms with Crippen LogP contribution in [0.25, 0.3) is 0 Å². The lowest BCUT2D eigenvalue weighted by Crippen LogP contribution is -2.00. The predicted octanol–water partition coefficient (Wildman–Crippen LogP) is 0.489. The second-order valence-corrected chi connectivity index (χ2v) is 1.87. The molecule has 1 heterocycles. The number of hydrogen-bond donors (Lipinski definition) is 2. The Labute approximate surface area is 57.3 Å². The maximum absolute atomic E-state index is 10.1. The van der Waals surface area contributed by atoms with Gasteiger partial charge in [-0.3, -0.25) is 4.79 Å². The van der Waals surface area contributed by atoms with Crippen molar-refractivity contribution in [3.05, 3.63) is 18.1 Å². The minimum atomic E-state index is -0.943. The van der Waals surface area contributed by atoms with Gasteiger partial charge in [0, 0.05) is 0 Å². The van der Waals surface area contributed by atoms with Crippen LogP contribution in [0.3, 0.4) is 0 Å². The highest BCUT2D eigenvalue weighted by Crippen LogP contribution is 2.12. The summed E-state index contributed by atoms with van der Waals surface area (Å²) in [5.74, 6) is -0.630. The molecule has 0 atom stereocenters. The highest BCUT2D eigenvalue weighted by Gasteiger charge is 2.06. The van der Waals surface area contributed by atoms with Crippen LogP contribution in [-0.4, -0.2) is 11.1 Å². The number of carboxylic acid groups (broad SMARTS) is 1. The quantitative estimate of drug-likeness (QED) is 0.628. The minimum absolute atomic E-state index is 0.154. The van der Waals surface area contributed by atoms with E-state index >= 15 is 0 Å². The third kappa shape index (κ3) is 1.28. The van der Waals surface area contributed by atoms with Gasteiger partial charge in [-0.1, -0.05) is 0 Å². The van der Waals surface area contributed by atoms with Gasteiger partial charge in [-0.2, -0.15) is 0 Å². The zero-order valence-corrected chi connectivity index (χ0v) is 5.20. The zero-order valence-electron chi connectivity index (χ0n) is 5.20. The average molecular weight is 141 g/mol. The first-order chi connectivity index (χ1) is 4.70. The molecule has 0 saturated heterocycles. The molecule has 4 heteroatoms. The Bertz CT molecular complexity index is 241. The molecular formula is C6H7NO3. The number of furan rings is 1. The molecule has 1 aromatic rings. The number of anilines is 1. The Morgan fingerprint density at radius 1 is 1.80 bits per heavy atom. The van der Waals surface area contributed by atoms with E-state index in [1.165, 1.54) is 12.3 Å². The van der Waals surface area contributed by atoms with Crippen LogP contribution in [0.15, 0.2) is 16.7 Å². The lowest BCUT2D eigenvalue weighted by molar-refractivity contribution is -0.136. The van der Waals surface area contributed by atoms with Crippen LogP contribution < -0.4 is 5.73 Å². The van der Waals surface area contributed by atoms with E-state index in [1.54, 1.807) is 0 Å². The van der Waals surface area contributed by atoms with Gasteiger partial charge in [-0.25, -0.2) is 0 Å². The molecule has 3 N–H and O–H groups in total. The molecule has 0 saturated carbocycles. The van der Waals surface area contributed by atoms with E-state index in [4.69, 9.17) is 15.3 Å². The van der Waals surface area contributed by atoms with Gasteiger partial charge >= 0.3 is 5.97 Å². The summed E-state index contributed by atoms with van der Waals surface area (Å²) < 4.78 is 4.77. The van der Waals surface area contributed by atoms with E-state index in [9.17, 15) is 4.79 Å². The SMILES string of the molecule is Nc1ccoc1CC(=O)O. The van der Waals surface area contributed by atoms with Crippen molar-refractivity contribution >= 4 is 11.7 Å². The van der Waals surface area contributed by atoms with Crippen LogP contribution in [0.2, 0.25) is 0 Å². The lowest BCUT2D eigenvalue weighted by Gasteiger charge is -1.90. The molecule has 0 bridgehead atoms. The van der Waals surface area contributed by atoms with Crippen LogP contribution in [0, 0.1) is 0 Å². The molecule has 0 unspecified atom stereocenters. The van der Waals surface area contributed by atoms with Gasteiger partial charge in [0.2, 0.25) is 0 Å². The molecule has 0 aliphatic heterocycles. The number of nitrogens with two attached hydrogens (primary N) is 1. The number of carboxylic acids is 1. The van der Waals surface area contributed by atoms with E-state index in [1.807, 2.05) is 0 Å². The summed E-state index contributed by atoms with van der Waals surface area (Å²) in [6, 6.07) is 1.53. The van der Waals surface area contributed by atoms with Crippen molar-refractivity contribution in [2.45, 2.75) is 6.42 Å². The lowest BCUT2D eigenvalue weighted by atomic mass is 10.3. The fraction of sp³-hybridized carbons (Fsp3) is 0.167. The van der Waals surface area contributed by atoms with E-state index in [2.05, 4.69) is 0 Å². The Kier molecular flexibility index (Phi) is 1.62. The number of rotatable bonds is 2. The molecule has 1 aromatic heterocycles. The topological polar surface area (TPSA) is 76.5 Å². The molecule has 1 rings (SSSR count). The first-order valence-electron chi connectivity index (χ1n) is 2.74. The van der Waals surface area contributed by atoms with Gasteiger partial charge in [-0.15, -0.1) is 0 Å². The molecule has 0 aliphatic rings. The number of nitrogen functional groups attached to an aromatic ring is 1. The normalized spacial score (nSPS) is 9.60. The largest absolute Gasteiger partial charge is 0.481 e. The smallest absolute Gasteiger partial charge is 0.311 e. The molecule has 0 amide bonds. The summed E-state index contributed by atoms with van der Waals surface area (Å²) in [5.41, 5.74) is 5.72. The van der Waals surface area contributed by atoms with E-state index in [-0.39, 0.29) is 6.42 Å². The first-order valence-corrected chi connectivity index (χ1v) is 2.74. The summed E-state index contributed by atoms with van der Waals surface area (Å²) in [4.78, 5) is 10.1. The average Bonchev–Trinajstić information content (AvgIpc) is 2.15. The molecule has 0 aromatic carbocycles. The molecule has 54 valence electrons. The van der Waals surface area contributed by atoms with Crippen LogP contribution in [-0.2, 0) is 11.2 Å². The van der Waals surface area contributed by atoms with Gasteiger partial charge in [0.25, 0.3) is 0 Å². The Hall–Kier alpha value is -1.45. The molecule has 10 heavy (non-hydrogen) atoms. The first kappa shape index (κ1) is 6.67. The highest BCUT2D eigenvalue weighted by molar-refractivity contribution is 5.71. The van der Waals surface area contributed by atoms with Gasteiger partial charge in [0.05, 0.1) is 12.0 Å². The van der Waals surface area contributed by atoms with E-state index in [0.29, 0.717) is 11.4 Å². The third-order valence-corrected chi connectivity index (χ3v) is 1.09. The maximum atomic E-state index is 10.1. The van der Waals surface area contributed by atoms with Crippen molar-refractivity contribution in [3.8, 4) is 0 Å². The van der Waals surface area contributed by atoms with E-state index < -0.39 is 5.97 Å². The highest BCUT2D eigenvalue weighted by atomic mass is 16.4. The second-order valence-electron chi connectivity index (χ2n) is 1.87. The Morgan fingerprint density at radius 3 is 2.90 bits per heavy atom. The van der Waals surface area contributed by atoms with Gasteiger partial charge in [-0.05, 0) is 6.07 Å². The molecular weight excluding hydrogens is 134 g/mol. The van der Waals surface area contributed by atoms with Crippen molar-refractivity contribution in [2.75, 3.05) is 5.73 Å². The molecule has 0 fully saturated rings. The Morgan fingerprint density at radius 2 is 2.50 bits per heavy atom. The second kappa shape index (κ2) is 2.43. The molecule has 0 spiro atoms.